The molecule has 5 nitrogen and oxygen atoms in total. The second-order valence-corrected chi connectivity index (χ2v) is 6.01. The fraction of sp³-hybridized carbons (Fsp3) is 0.0556. The minimum absolute atomic E-state index is 0.0387. The van der Waals surface area contributed by atoms with Gasteiger partial charge in [-0.3, -0.25) is 4.79 Å². The van der Waals surface area contributed by atoms with Crippen LogP contribution in [-0.2, 0) is 4.79 Å². The van der Waals surface area contributed by atoms with Gasteiger partial charge < -0.3 is 10.4 Å². The molecule has 24 heavy (non-hydrogen) atoms. The molecule has 1 heterocycles. The van der Waals surface area contributed by atoms with Crippen LogP contribution in [-0.4, -0.2) is 22.0 Å². The topological polar surface area (TPSA) is 79.3 Å². The number of thiazole rings is 1. The number of hydrogen-bond donors (Lipinski definition) is 2. The molecule has 2 aromatic carbocycles. The molecule has 0 aliphatic heterocycles. The van der Waals surface area contributed by atoms with Crippen LogP contribution in [0.5, 0.6) is 0 Å². The minimum Gasteiger partial charge on any atom is -0.476 e. The van der Waals surface area contributed by atoms with E-state index in [1.807, 2.05) is 48.5 Å². The van der Waals surface area contributed by atoms with Crippen LogP contribution >= 0.6 is 11.3 Å². The quantitative estimate of drug-likeness (QED) is 0.749. The predicted octanol–water partition coefficient (Wildman–Crippen LogP) is 4.13. The molecule has 0 fully saturated rings. The highest BCUT2D eigenvalue weighted by molar-refractivity contribution is 7.13. The maximum atomic E-state index is 11.2. The normalized spacial score (nSPS) is 10.4. The molecule has 0 bridgehead atoms. The van der Waals surface area contributed by atoms with Crippen LogP contribution in [0.3, 0.4) is 0 Å². The Morgan fingerprint density at radius 1 is 1.08 bits per heavy atom. The summed E-state index contributed by atoms with van der Waals surface area (Å²) in [7, 11) is 0. The minimum atomic E-state index is -1.04. The van der Waals surface area contributed by atoms with Gasteiger partial charge in [0.2, 0.25) is 5.91 Å². The number of nitrogens with zero attached hydrogens (tertiary/aromatic N) is 1. The number of carboxylic acids is 1. The lowest BCUT2D eigenvalue weighted by Crippen LogP contribution is -2.05. The van der Waals surface area contributed by atoms with Gasteiger partial charge in [-0.15, -0.1) is 11.3 Å². The molecule has 0 saturated heterocycles. The second kappa shape index (κ2) is 6.64. The molecule has 0 aliphatic carbocycles. The molecule has 2 N–H and O–H groups in total. The zero-order chi connectivity index (χ0) is 17.1. The lowest BCUT2D eigenvalue weighted by atomic mass is 9.99. The van der Waals surface area contributed by atoms with Gasteiger partial charge in [0, 0.05) is 23.6 Å². The summed E-state index contributed by atoms with van der Waals surface area (Å²) < 4.78 is 0. The van der Waals surface area contributed by atoms with Crippen molar-refractivity contribution < 1.29 is 14.7 Å². The van der Waals surface area contributed by atoms with E-state index in [1.165, 1.54) is 23.6 Å². The van der Waals surface area contributed by atoms with E-state index < -0.39 is 5.97 Å². The van der Waals surface area contributed by atoms with Crippen LogP contribution in [0, 0.1) is 0 Å². The van der Waals surface area contributed by atoms with Crippen molar-refractivity contribution >= 4 is 28.9 Å². The molecule has 0 unspecified atom stereocenters. The lowest BCUT2D eigenvalue weighted by Gasteiger charge is -2.09. The fourth-order valence-electron chi connectivity index (χ4n) is 2.38. The van der Waals surface area contributed by atoms with E-state index in [-0.39, 0.29) is 11.6 Å². The Morgan fingerprint density at radius 3 is 2.50 bits per heavy atom. The number of nitrogens with one attached hydrogen (secondary N) is 1. The standard InChI is InChI=1S/C18H14N2O3S/c1-11(21)19-13-6-4-5-12(9-13)14-7-2-3-8-15(14)17-20-16(10-24-17)18(22)23/h2-10H,1H3,(H,19,21)(H,22,23). The van der Waals surface area contributed by atoms with Crippen molar-refractivity contribution in [3.8, 4) is 21.7 Å². The smallest absolute Gasteiger partial charge is 0.355 e. The van der Waals surface area contributed by atoms with Gasteiger partial charge in [-0.05, 0) is 23.3 Å². The number of benzene rings is 2. The fourth-order valence-corrected chi connectivity index (χ4v) is 3.22. The summed E-state index contributed by atoms with van der Waals surface area (Å²) in [5, 5.41) is 14.0. The Balaban J connectivity index is 2.06. The van der Waals surface area contributed by atoms with E-state index in [0.717, 1.165) is 16.7 Å². The first-order chi connectivity index (χ1) is 11.5. The average molecular weight is 338 g/mol. The van der Waals surface area contributed by atoms with Gasteiger partial charge in [0.15, 0.2) is 5.69 Å². The number of aromatic carboxylic acids is 1. The monoisotopic (exact) mass is 338 g/mol. The highest BCUT2D eigenvalue weighted by atomic mass is 32.1. The molecule has 1 aromatic heterocycles. The highest BCUT2D eigenvalue weighted by Crippen LogP contribution is 2.34. The second-order valence-electron chi connectivity index (χ2n) is 5.15. The largest absolute Gasteiger partial charge is 0.476 e. The number of hydrogen-bond acceptors (Lipinski definition) is 4. The molecule has 3 rings (SSSR count). The number of amides is 1. The Bertz CT molecular complexity index is 918. The summed E-state index contributed by atoms with van der Waals surface area (Å²) in [5.41, 5.74) is 3.45. The zero-order valence-corrected chi connectivity index (χ0v) is 13.6. The van der Waals surface area contributed by atoms with Gasteiger partial charge in [0.1, 0.15) is 5.01 Å². The molecule has 3 aromatic rings. The molecule has 0 saturated carbocycles. The van der Waals surface area contributed by atoms with E-state index in [4.69, 9.17) is 5.11 Å². The Kier molecular flexibility index (Phi) is 4.39. The van der Waals surface area contributed by atoms with Crippen molar-refractivity contribution in [3.05, 3.63) is 59.6 Å². The van der Waals surface area contributed by atoms with E-state index in [9.17, 15) is 9.59 Å². The zero-order valence-electron chi connectivity index (χ0n) is 12.8. The third-order valence-corrected chi connectivity index (χ3v) is 4.25. The van der Waals surface area contributed by atoms with Crippen molar-refractivity contribution in [1.82, 2.24) is 4.98 Å². The summed E-state index contributed by atoms with van der Waals surface area (Å²) in [5.74, 6) is -1.17. The van der Waals surface area contributed by atoms with Gasteiger partial charge in [0.05, 0.1) is 0 Å². The first-order valence-corrected chi connectivity index (χ1v) is 8.09. The van der Waals surface area contributed by atoms with Crippen LogP contribution < -0.4 is 5.32 Å². The average Bonchev–Trinajstić information content (AvgIpc) is 3.05. The molecule has 0 aliphatic rings. The molecule has 0 spiro atoms. The first kappa shape index (κ1) is 15.9. The van der Waals surface area contributed by atoms with E-state index >= 15 is 0 Å². The van der Waals surface area contributed by atoms with E-state index in [0.29, 0.717) is 10.7 Å². The van der Waals surface area contributed by atoms with Gasteiger partial charge >= 0.3 is 5.97 Å². The van der Waals surface area contributed by atoms with Crippen LogP contribution in [0.25, 0.3) is 21.7 Å². The highest BCUT2D eigenvalue weighted by Gasteiger charge is 2.14. The third kappa shape index (κ3) is 3.33. The molecule has 6 heteroatoms. The predicted molar refractivity (Wildman–Crippen MR) is 94.2 cm³/mol. The molecule has 0 atom stereocenters. The molecular weight excluding hydrogens is 324 g/mol. The summed E-state index contributed by atoms with van der Waals surface area (Å²) in [6.07, 6.45) is 0. The van der Waals surface area contributed by atoms with Crippen LogP contribution in [0.1, 0.15) is 17.4 Å². The maximum Gasteiger partial charge on any atom is 0.355 e. The van der Waals surface area contributed by atoms with Crippen molar-refractivity contribution in [2.45, 2.75) is 6.92 Å². The summed E-state index contributed by atoms with van der Waals surface area (Å²) in [6, 6.07) is 15.2. The number of carbonyl (C=O) groups excluding carboxylic acids is 1. The Labute approximate surface area is 142 Å². The van der Waals surface area contributed by atoms with Crippen molar-refractivity contribution in [1.29, 1.82) is 0 Å². The number of carboxylic acid groups (broad SMARTS) is 1. The van der Waals surface area contributed by atoms with Gasteiger partial charge in [-0.1, -0.05) is 36.4 Å². The first-order valence-electron chi connectivity index (χ1n) is 7.21. The number of anilines is 1. The third-order valence-electron chi connectivity index (χ3n) is 3.37. The van der Waals surface area contributed by atoms with Crippen molar-refractivity contribution in [2.75, 3.05) is 5.32 Å². The molecule has 120 valence electrons. The SMILES string of the molecule is CC(=O)Nc1cccc(-c2ccccc2-c2nc(C(=O)O)cs2)c1. The van der Waals surface area contributed by atoms with E-state index in [1.54, 1.807) is 0 Å². The van der Waals surface area contributed by atoms with E-state index in [2.05, 4.69) is 10.3 Å². The van der Waals surface area contributed by atoms with Crippen molar-refractivity contribution in [3.63, 3.8) is 0 Å². The van der Waals surface area contributed by atoms with Gasteiger partial charge in [-0.2, -0.15) is 0 Å². The van der Waals surface area contributed by atoms with Gasteiger partial charge in [-0.25, -0.2) is 9.78 Å². The lowest BCUT2D eigenvalue weighted by molar-refractivity contribution is -0.114. The maximum absolute atomic E-state index is 11.2. The van der Waals surface area contributed by atoms with Crippen LogP contribution in [0.15, 0.2) is 53.9 Å². The summed E-state index contributed by atoms with van der Waals surface area (Å²) in [4.78, 5) is 26.5. The molecule has 0 radical (unpaired) electrons. The summed E-state index contributed by atoms with van der Waals surface area (Å²) >= 11 is 1.29. The number of aromatic nitrogens is 1. The Hall–Kier alpha value is -2.99. The van der Waals surface area contributed by atoms with Crippen LogP contribution in [0.4, 0.5) is 5.69 Å². The number of carbonyl (C=O) groups is 2. The summed E-state index contributed by atoms with van der Waals surface area (Å²) in [6.45, 7) is 1.46. The molecular formula is C18H14N2O3S. The Morgan fingerprint density at radius 2 is 1.83 bits per heavy atom. The molecule has 1 amide bonds. The van der Waals surface area contributed by atoms with Crippen LogP contribution in [0.2, 0.25) is 0 Å². The number of rotatable bonds is 4. The van der Waals surface area contributed by atoms with Crippen molar-refractivity contribution in [2.24, 2.45) is 0 Å². The van der Waals surface area contributed by atoms with Gasteiger partial charge in [0.25, 0.3) is 0 Å².